The summed E-state index contributed by atoms with van der Waals surface area (Å²) in [6.07, 6.45) is 0.120. The van der Waals surface area contributed by atoms with Gasteiger partial charge in [0.2, 0.25) is 0 Å². The molecule has 138 valence electrons. The second kappa shape index (κ2) is 7.12. The maximum absolute atomic E-state index is 12.7. The average molecular weight is 352 g/mol. The molecule has 0 atom stereocenters. The van der Waals surface area contributed by atoms with Crippen molar-refractivity contribution in [2.75, 3.05) is 26.2 Å². The number of likely N-dealkylation sites (tertiary alicyclic amines) is 1. The Hall–Kier alpha value is -1.33. The van der Waals surface area contributed by atoms with E-state index < -0.39 is 11.7 Å². The molecule has 0 radical (unpaired) electrons. The highest BCUT2D eigenvalue weighted by Gasteiger charge is 2.34. The van der Waals surface area contributed by atoms with Gasteiger partial charge in [0, 0.05) is 18.6 Å². The lowest BCUT2D eigenvalue weighted by atomic mass is 9.85. The molecule has 0 amide bonds. The Morgan fingerprint density at radius 1 is 1.04 bits per heavy atom. The summed E-state index contributed by atoms with van der Waals surface area (Å²) in [5.41, 5.74) is 3.14. The first kappa shape index (κ1) is 18.5. The standard InChI is InChI=1S/C20H27F3N2/c1-15(16-3-5-18(6-4-16)20(21,22)23)17-7-13-25(14-8-17)19(2)9-11-24-12-10-19/h3-6,24H,7-14H2,1-2H3. The molecule has 0 bridgehead atoms. The van der Waals surface area contributed by atoms with E-state index in [-0.39, 0.29) is 0 Å². The van der Waals surface area contributed by atoms with E-state index >= 15 is 0 Å². The van der Waals surface area contributed by atoms with Crippen LogP contribution in [0.1, 0.15) is 50.7 Å². The summed E-state index contributed by atoms with van der Waals surface area (Å²) in [6, 6.07) is 5.58. The molecule has 1 aromatic rings. The van der Waals surface area contributed by atoms with E-state index in [1.807, 2.05) is 6.92 Å². The van der Waals surface area contributed by atoms with Crippen molar-refractivity contribution in [3.63, 3.8) is 0 Å². The van der Waals surface area contributed by atoms with Crippen molar-refractivity contribution in [1.82, 2.24) is 10.2 Å². The number of piperidine rings is 2. The first-order valence-electron chi connectivity index (χ1n) is 9.12. The quantitative estimate of drug-likeness (QED) is 0.829. The fourth-order valence-electron chi connectivity index (χ4n) is 4.09. The largest absolute Gasteiger partial charge is 0.416 e. The molecule has 3 rings (SSSR count). The average Bonchev–Trinajstić information content (AvgIpc) is 2.61. The molecule has 0 spiro atoms. The molecular weight excluding hydrogens is 325 g/mol. The molecule has 2 nitrogen and oxygen atoms in total. The number of hydrogen-bond donors (Lipinski definition) is 1. The van der Waals surface area contributed by atoms with Crippen molar-refractivity contribution < 1.29 is 13.2 Å². The van der Waals surface area contributed by atoms with Crippen molar-refractivity contribution in [2.45, 2.75) is 51.2 Å². The lowest BCUT2D eigenvalue weighted by Gasteiger charge is -2.46. The predicted molar refractivity (Wildman–Crippen MR) is 95.4 cm³/mol. The summed E-state index contributed by atoms with van der Waals surface area (Å²) in [6.45, 7) is 8.67. The van der Waals surface area contributed by atoms with E-state index in [0.717, 1.165) is 50.2 Å². The van der Waals surface area contributed by atoms with E-state index in [0.29, 0.717) is 5.54 Å². The Balaban J connectivity index is 1.68. The number of nitrogens with one attached hydrogen (secondary N) is 1. The molecule has 0 aliphatic carbocycles. The summed E-state index contributed by atoms with van der Waals surface area (Å²) < 4.78 is 38.1. The normalized spacial score (nSPS) is 22.0. The molecule has 0 aromatic heterocycles. The Morgan fingerprint density at radius 2 is 1.60 bits per heavy atom. The van der Waals surface area contributed by atoms with Gasteiger partial charge in [-0.1, -0.05) is 17.7 Å². The van der Waals surface area contributed by atoms with Gasteiger partial charge in [0.05, 0.1) is 5.56 Å². The van der Waals surface area contributed by atoms with E-state index in [1.54, 1.807) is 12.1 Å². The second-order valence-corrected chi connectivity index (χ2v) is 7.54. The van der Waals surface area contributed by atoms with E-state index in [4.69, 9.17) is 0 Å². The monoisotopic (exact) mass is 352 g/mol. The lowest BCUT2D eigenvalue weighted by Crippen LogP contribution is -2.54. The van der Waals surface area contributed by atoms with Crippen LogP contribution in [0.25, 0.3) is 5.57 Å². The molecule has 2 fully saturated rings. The number of allylic oxidation sites excluding steroid dienone is 1. The van der Waals surface area contributed by atoms with Gasteiger partial charge in [0.1, 0.15) is 0 Å². The highest BCUT2D eigenvalue weighted by molar-refractivity contribution is 5.67. The molecule has 1 aromatic carbocycles. The van der Waals surface area contributed by atoms with Crippen molar-refractivity contribution >= 4 is 5.57 Å². The van der Waals surface area contributed by atoms with Crippen LogP contribution in [0.4, 0.5) is 13.2 Å². The fraction of sp³-hybridized carbons (Fsp3) is 0.600. The van der Waals surface area contributed by atoms with Crippen LogP contribution < -0.4 is 5.32 Å². The van der Waals surface area contributed by atoms with Crippen LogP contribution in [0.2, 0.25) is 0 Å². The zero-order valence-corrected chi connectivity index (χ0v) is 15.0. The van der Waals surface area contributed by atoms with Gasteiger partial charge in [-0.3, -0.25) is 4.90 Å². The van der Waals surface area contributed by atoms with Gasteiger partial charge in [-0.15, -0.1) is 0 Å². The molecular formula is C20H27F3N2. The zero-order chi connectivity index (χ0) is 18.1. The number of benzene rings is 1. The van der Waals surface area contributed by atoms with Gasteiger partial charge in [0.15, 0.2) is 0 Å². The van der Waals surface area contributed by atoms with Gasteiger partial charge < -0.3 is 5.32 Å². The highest BCUT2D eigenvalue weighted by atomic mass is 19.4. The smallest absolute Gasteiger partial charge is 0.317 e. The van der Waals surface area contributed by atoms with Crippen molar-refractivity contribution in [3.05, 3.63) is 41.0 Å². The zero-order valence-electron chi connectivity index (χ0n) is 15.0. The van der Waals surface area contributed by atoms with E-state index in [2.05, 4.69) is 17.1 Å². The Labute approximate surface area is 148 Å². The Morgan fingerprint density at radius 3 is 2.12 bits per heavy atom. The van der Waals surface area contributed by atoms with E-state index in [1.165, 1.54) is 30.5 Å². The number of nitrogens with zero attached hydrogens (tertiary/aromatic N) is 1. The van der Waals surface area contributed by atoms with Gasteiger partial charge >= 0.3 is 6.18 Å². The summed E-state index contributed by atoms with van der Waals surface area (Å²) >= 11 is 0. The van der Waals surface area contributed by atoms with Crippen LogP contribution in [-0.4, -0.2) is 36.6 Å². The van der Waals surface area contributed by atoms with Gasteiger partial charge in [-0.2, -0.15) is 13.2 Å². The number of rotatable bonds is 2. The van der Waals surface area contributed by atoms with Crippen LogP contribution in [0, 0.1) is 0 Å². The minimum absolute atomic E-state index is 0.291. The van der Waals surface area contributed by atoms with Crippen LogP contribution in [0.5, 0.6) is 0 Å². The second-order valence-electron chi connectivity index (χ2n) is 7.54. The molecule has 2 aliphatic heterocycles. The topological polar surface area (TPSA) is 15.3 Å². The first-order chi connectivity index (χ1) is 11.8. The molecule has 0 unspecified atom stereocenters. The predicted octanol–water partition coefficient (Wildman–Crippen LogP) is 4.72. The summed E-state index contributed by atoms with van der Waals surface area (Å²) in [7, 11) is 0. The maximum Gasteiger partial charge on any atom is 0.416 e. The van der Waals surface area contributed by atoms with Crippen LogP contribution in [-0.2, 0) is 6.18 Å². The third-order valence-electron chi connectivity index (χ3n) is 5.99. The van der Waals surface area contributed by atoms with Crippen molar-refractivity contribution in [3.8, 4) is 0 Å². The summed E-state index contributed by atoms with van der Waals surface area (Å²) in [5, 5.41) is 3.43. The third-order valence-corrected chi connectivity index (χ3v) is 5.99. The number of hydrogen-bond acceptors (Lipinski definition) is 2. The minimum Gasteiger partial charge on any atom is -0.317 e. The minimum atomic E-state index is -4.27. The summed E-state index contributed by atoms with van der Waals surface area (Å²) in [4.78, 5) is 2.61. The van der Waals surface area contributed by atoms with Crippen LogP contribution in [0.3, 0.4) is 0 Å². The Kier molecular flexibility index (Phi) is 5.26. The fourth-order valence-corrected chi connectivity index (χ4v) is 4.09. The number of alkyl halides is 3. The van der Waals surface area contributed by atoms with Gasteiger partial charge in [0.25, 0.3) is 0 Å². The number of halogens is 3. The third kappa shape index (κ3) is 4.09. The maximum atomic E-state index is 12.7. The molecule has 5 heteroatoms. The molecule has 2 heterocycles. The van der Waals surface area contributed by atoms with E-state index in [9.17, 15) is 13.2 Å². The van der Waals surface area contributed by atoms with Crippen LogP contribution in [0.15, 0.2) is 29.8 Å². The molecule has 0 saturated carbocycles. The highest BCUT2D eigenvalue weighted by Crippen LogP contribution is 2.34. The SMILES string of the molecule is CC(=C1CCN(C2(C)CCNCC2)CC1)c1ccc(C(F)(F)F)cc1. The molecule has 25 heavy (non-hydrogen) atoms. The Bertz CT molecular complexity index is 615. The summed E-state index contributed by atoms with van der Waals surface area (Å²) in [5.74, 6) is 0. The van der Waals surface area contributed by atoms with Gasteiger partial charge in [-0.05, 0) is 75.9 Å². The van der Waals surface area contributed by atoms with Crippen molar-refractivity contribution in [2.24, 2.45) is 0 Å². The lowest BCUT2D eigenvalue weighted by molar-refractivity contribution is -0.137. The van der Waals surface area contributed by atoms with Gasteiger partial charge in [-0.25, -0.2) is 0 Å². The molecule has 1 N–H and O–H groups in total. The van der Waals surface area contributed by atoms with Crippen LogP contribution >= 0.6 is 0 Å². The molecule has 2 aliphatic rings. The molecule has 2 saturated heterocycles. The first-order valence-corrected chi connectivity index (χ1v) is 9.12. The van der Waals surface area contributed by atoms with Crippen molar-refractivity contribution in [1.29, 1.82) is 0 Å².